The fourth-order valence-electron chi connectivity index (χ4n) is 1.62. The van der Waals surface area contributed by atoms with Crippen LogP contribution in [0.15, 0.2) is 0 Å². The molecule has 1 unspecified atom stereocenters. The van der Waals surface area contributed by atoms with Crippen LogP contribution < -0.4 is 0 Å². The van der Waals surface area contributed by atoms with Crippen LogP contribution in [0.5, 0.6) is 0 Å². The largest absolute Gasteiger partial charge is 0.465 e. The van der Waals surface area contributed by atoms with Crippen LogP contribution in [0.1, 0.15) is 65.2 Å². The van der Waals surface area contributed by atoms with Crippen molar-refractivity contribution in [2.45, 2.75) is 71.4 Å². The number of hydrogen-bond acceptors (Lipinski definition) is 2. The first-order chi connectivity index (χ1) is 8.87. The quantitative estimate of drug-likeness (QED) is 0.422. The Hall–Kier alpha value is -0.740. The molecule has 2 nitrogen and oxygen atoms in total. The normalized spacial score (nSPS) is 13.3. The van der Waals surface area contributed by atoms with E-state index in [4.69, 9.17) is 4.74 Å². The second-order valence-electron chi connectivity index (χ2n) is 4.96. The predicted octanol–water partition coefficient (Wildman–Crippen LogP) is 4.87. The molecular weight excluding hydrogens is 257 g/mol. The molecule has 0 radical (unpaired) electrons. The maximum Gasteiger partial charge on any atom is 0.389 e. The number of carbonyl (C=O) groups is 1. The van der Waals surface area contributed by atoms with Crippen molar-refractivity contribution in [1.29, 1.82) is 0 Å². The third-order valence-corrected chi connectivity index (χ3v) is 3.11. The standard InChI is InChI=1S/C14H25F3O2/c1-3-12(2)13(18)19-11-9-7-5-4-6-8-10-14(15,16)17/h12H,3-11H2,1-2H3. The summed E-state index contributed by atoms with van der Waals surface area (Å²) in [5, 5.41) is 0. The van der Waals surface area contributed by atoms with Crippen LogP contribution in [0.4, 0.5) is 13.2 Å². The molecule has 0 spiro atoms. The highest BCUT2D eigenvalue weighted by molar-refractivity contribution is 5.71. The van der Waals surface area contributed by atoms with Crippen LogP contribution in [-0.2, 0) is 9.53 Å². The topological polar surface area (TPSA) is 26.3 Å². The molecule has 1 atom stereocenters. The number of esters is 1. The van der Waals surface area contributed by atoms with Gasteiger partial charge in [-0.1, -0.05) is 39.5 Å². The lowest BCUT2D eigenvalue weighted by atomic mass is 10.1. The van der Waals surface area contributed by atoms with E-state index in [0.29, 0.717) is 13.0 Å². The summed E-state index contributed by atoms with van der Waals surface area (Å²) >= 11 is 0. The first-order valence-corrected chi connectivity index (χ1v) is 7.10. The molecule has 0 aliphatic heterocycles. The van der Waals surface area contributed by atoms with Gasteiger partial charge in [0.2, 0.25) is 0 Å². The van der Waals surface area contributed by atoms with Crippen LogP contribution >= 0.6 is 0 Å². The highest BCUT2D eigenvalue weighted by Gasteiger charge is 2.25. The molecule has 19 heavy (non-hydrogen) atoms. The Kier molecular flexibility index (Phi) is 9.70. The van der Waals surface area contributed by atoms with Gasteiger partial charge in [-0.05, 0) is 19.3 Å². The van der Waals surface area contributed by atoms with Crippen molar-refractivity contribution in [2.24, 2.45) is 5.92 Å². The van der Waals surface area contributed by atoms with Gasteiger partial charge in [0.15, 0.2) is 0 Å². The van der Waals surface area contributed by atoms with Gasteiger partial charge in [0.05, 0.1) is 12.5 Å². The summed E-state index contributed by atoms with van der Waals surface area (Å²) < 4.78 is 40.6. The van der Waals surface area contributed by atoms with Crippen molar-refractivity contribution in [3.05, 3.63) is 0 Å². The first-order valence-electron chi connectivity index (χ1n) is 7.10. The SMILES string of the molecule is CCC(C)C(=O)OCCCCCCCCC(F)(F)F. The van der Waals surface area contributed by atoms with Gasteiger partial charge in [-0.2, -0.15) is 13.2 Å². The van der Waals surface area contributed by atoms with Gasteiger partial charge in [-0.25, -0.2) is 0 Å². The number of halogens is 3. The minimum atomic E-state index is -4.02. The molecule has 0 N–H and O–H groups in total. The number of carbonyl (C=O) groups excluding carboxylic acids is 1. The van der Waals surface area contributed by atoms with E-state index in [0.717, 1.165) is 32.1 Å². The van der Waals surface area contributed by atoms with E-state index >= 15 is 0 Å². The van der Waals surface area contributed by atoms with E-state index in [1.54, 1.807) is 0 Å². The average Bonchev–Trinajstić information content (AvgIpc) is 2.34. The second-order valence-corrected chi connectivity index (χ2v) is 4.96. The Morgan fingerprint density at radius 1 is 1.05 bits per heavy atom. The molecule has 0 amide bonds. The van der Waals surface area contributed by atoms with Crippen LogP contribution in [0.25, 0.3) is 0 Å². The third kappa shape index (κ3) is 12.1. The first kappa shape index (κ1) is 18.3. The van der Waals surface area contributed by atoms with Gasteiger partial charge >= 0.3 is 12.1 Å². The Labute approximate surface area is 113 Å². The summed E-state index contributed by atoms with van der Waals surface area (Å²) in [4.78, 5) is 11.3. The monoisotopic (exact) mass is 282 g/mol. The minimum absolute atomic E-state index is 0.0534. The fourth-order valence-corrected chi connectivity index (χ4v) is 1.62. The van der Waals surface area contributed by atoms with E-state index < -0.39 is 12.6 Å². The molecule has 0 fully saturated rings. The highest BCUT2D eigenvalue weighted by atomic mass is 19.4. The minimum Gasteiger partial charge on any atom is -0.465 e. The Morgan fingerprint density at radius 3 is 2.11 bits per heavy atom. The molecule has 0 heterocycles. The van der Waals surface area contributed by atoms with Crippen LogP contribution in [0.3, 0.4) is 0 Å². The zero-order valence-corrected chi connectivity index (χ0v) is 11.9. The number of ether oxygens (including phenoxy) is 1. The fraction of sp³-hybridized carbons (Fsp3) is 0.929. The molecule has 5 heteroatoms. The molecule has 0 aliphatic carbocycles. The van der Waals surface area contributed by atoms with Crippen molar-refractivity contribution in [3.63, 3.8) is 0 Å². The smallest absolute Gasteiger partial charge is 0.389 e. The third-order valence-electron chi connectivity index (χ3n) is 3.11. The summed E-state index contributed by atoms with van der Waals surface area (Å²) in [5.74, 6) is -0.213. The lowest BCUT2D eigenvalue weighted by Gasteiger charge is -2.09. The van der Waals surface area contributed by atoms with Crippen molar-refractivity contribution in [1.82, 2.24) is 0 Å². The zero-order valence-electron chi connectivity index (χ0n) is 11.9. The molecule has 0 aliphatic rings. The van der Waals surface area contributed by atoms with E-state index in [1.165, 1.54) is 0 Å². The molecule has 0 aromatic rings. The predicted molar refractivity (Wildman–Crippen MR) is 68.8 cm³/mol. The van der Waals surface area contributed by atoms with Crippen LogP contribution in [0, 0.1) is 5.92 Å². The van der Waals surface area contributed by atoms with Gasteiger partial charge in [0.25, 0.3) is 0 Å². The lowest BCUT2D eigenvalue weighted by Crippen LogP contribution is -2.14. The van der Waals surface area contributed by atoms with Crippen molar-refractivity contribution < 1.29 is 22.7 Å². The Balaban J connectivity index is 3.26. The molecule has 0 saturated heterocycles. The number of rotatable bonds is 10. The van der Waals surface area contributed by atoms with Gasteiger partial charge < -0.3 is 4.74 Å². The maximum atomic E-state index is 11.9. The summed E-state index contributed by atoms with van der Waals surface area (Å²) in [6, 6.07) is 0. The number of hydrogen-bond donors (Lipinski definition) is 0. The van der Waals surface area contributed by atoms with Crippen molar-refractivity contribution >= 4 is 5.97 Å². The number of unbranched alkanes of at least 4 members (excludes halogenated alkanes) is 5. The Bertz CT molecular complexity index is 239. The molecular formula is C14H25F3O2. The molecule has 0 bridgehead atoms. The molecule has 114 valence electrons. The summed E-state index contributed by atoms with van der Waals surface area (Å²) in [6.45, 7) is 4.20. The summed E-state index contributed by atoms with van der Waals surface area (Å²) in [5.41, 5.74) is 0. The molecule has 0 aromatic carbocycles. The molecule has 0 saturated carbocycles. The zero-order chi connectivity index (χ0) is 14.7. The maximum absolute atomic E-state index is 11.9. The van der Waals surface area contributed by atoms with Crippen LogP contribution in [-0.4, -0.2) is 18.8 Å². The van der Waals surface area contributed by atoms with Crippen LogP contribution in [0.2, 0.25) is 0 Å². The van der Waals surface area contributed by atoms with Gasteiger partial charge in [-0.15, -0.1) is 0 Å². The average molecular weight is 282 g/mol. The number of alkyl halides is 3. The van der Waals surface area contributed by atoms with Gasteiger partial charge in [0, 0.05) is 6.42 Å². The summed E-state index contributed by atoms with van der Waals surface area (Å²) in [6.07, 6.45) is 0.315. The highest BCUT2D eigenvalue weighted by Crippen LogP contribution is 2.23. The van der Waals surface area contributed by atoms with E-state index in [2.05, 4.69) is 0 Å². The second kappa shape index (κ2) is 10.1. The summed E-state index contributed by atoms with van der Waals surface area (Å²) in [7, 11) is 0. The van der Waals surface area contributed by atoms with E-state index in [-0.39, 0.29) is 18.3 Å². The van der Waals surface area contributed by atoms with Gasteiger partial charge in [-0.3, -0.25) is 4.79 Å². The molecule has 0 aromatic heterocycles. The lowest BCUT2D eigenvalue weighted by molar-refractivity contribution is -0.148. The van der Waals surface area contributed by atoms with Crippen molar-refractivity contribution in [3.8, 4) is 0 Å². The Morgan fingerprint density at radius 2 is 1.58 bits per heavy atom. The van der Waals surface area contributed by atoms with Gasteiger partial charge in [0.1, 0.15) is 0 Å². The van der Waals surface area contributed by atoms with Crippen molar-refractivity contribution in [2.75, 3.05) is 6.61 Å². The van der Waals surface area contributed by atoms with E-state index in [9.17, 15) is 18.0 Å². The van der Waals surface area contributed by atoms with E-state index in [1.807, 2.05) is 13.8 Å². The molecule has 0 rings (SSSR count).